The van der Waals surface area contributed by atoms with E-state index in [2.05, 4.69) is 4.98 Å². The Bertz CT molecular complexity index is 1060. The lowest BCUT2D eigenvalue weighted by molar-refractivity contribution is -0.120. The summed E-state index contributed by atoms with van der Waals surface area (Å²) >= 11 is 6.22. The van der Waals surface area contributed by atoms with Crippen LogP contribution >= 0.6 is 11.6 Å². The van der Waals surface area contributed by atoms with Crippen LogP contribution in [0.25, 0.3) is 22.4 Å². The molecular weight excluding hydrogens is 396 g/mol. The standard InChI is InChI=1S/C21H21ClN2O5/c1-13(25)19(6-7-27-2)24-10-20(28-3)17(9-21(24)26)16-8-14(22)4-5-15(16)18-11-29-12-23-18/h4-5,8-12,19H,6-7H2,1-3H3. The van der Waals surface area contributed by atoms with Gasteiger partial charge in [0.2, 0.25) is 0 Å². The van der Waals surface area contributed by atoms with Crippen molar-refractivity contribution < 1.29 is 18.7 Å². The lowest BCUT2D eigenvalue weighted by Crippen LogP contribution is -2.29. The van der Waals surface area contributed by atoms with Gasteiger partial charge in [-0.15, -0.1) is 0 Å². The molecule has 29 heavy (non-hydrogen) atoms. The number of pyridine rings is 1. The molecule has 0 saturated heterocycles. The molecule has 1 unspecified atom stereocenters. The van der Waals surface area contributed by atoms with Gasteiger partial charge in [-0.2, -0.15) is 0 Å². The highest BCUT2D eigenvalue weighted by atomic mass is 35.5. The minimum absolute atomic E-state index is 0.134. The van der Waals surface area contributed by atoms with Gasteiger partial charge in [0, 0.05) is 35.9 Å². The fourth-order valence-corrected chi connectivity index (χ4v) is 3.39. The lowest BCUT2D eigenvalue weighted by Gasteiger charge is -2.20. The Morgan fingerprint density at radius 2 is 2.03 bits per heavy atom. The second-order valence-corrected chi connectivity index (χ2v) is 6.91. The van der Waals surface area contributed by atoms with E-state index in [-0.39, 0.29) is 11.3 Å². The number of aromatic nitrogens is 2. The normalized spacial score (nSPS) is 12.0. The van der Waals surface area contributed by atoms with Gasteiger partial charge < -0.3 is 18.5 Å². The van der Waals surface area contributed by atoms with E-state index in [1.807, 2.05) is 0 Å². The number of halogens is 1. The van der Waals surface area contributed by atoms with Crippen LogP contribution in [-0.2, 0) is 9.53 Å². The summed E-state index contributed by atoms with van der Waals surface area (Å²) < 4.78 is 17.1. The lowest BCUT2D eigenvalue weighted by atomic mass is 9.97. The van der Waals surface area contributed by atoms with Crippen molar-refractivity contribution in [2.45, 2.75) is 19.4 Å². The number of ketones is 1. The molecule has 1 aromatic carbocycles. The minimum atomic E-state index is -0.639. The highest BCUT2D eigenvalue weighted by molar-refractivity contribution is 6.31. The molecule has 0 N–H and O–H groups in total. The maximum atomic E-state index is 12.9. The number of benzene rings is 1. The first-order valence-electron chi connectivity index (χ1n) is 8.94. The van der Waals surface area contributed by atoms with Gasteiger partial charge in [0.15, 0.2) is 12.2 Å². The quantitative estimate of drug-likeness (QED) is 0.552. The van der Waals surface area contributed by atoms with E-state index in [1.165, 1.54) is 37.3 Å². The topological polar surface area (TPSA) is 83.6 Å². The summed E-state index contributed by atoms with van der Waals surface area (Å²) in [7, 11) is 3.06. The molecule has 8 heteroatoms. The average Bonchev–Trinajstić information content (AvgIpc) is 3.23. The van der Waals surface area contributed by atoms with Crippen LogP contribution in [-0.4, -0.2) is 36.2 Å². The van der Waals surface area contributed by atoms with E-state index in [4.69, 9.17) is 25.5 Å². The van der Waals surface area contributed by atoms with Crippen molar-refractivity contribution in [3.8, 4) is 28.1 Å². The van der Waals surface area contributed by atoms with Crippen molar-refractivity contribution in [2.24, 2.45) is 0 Å². The van der Waals surface area contributed by atoms with Crippen molar-refractivity contribution in [2.75, 3.05) is 20.8 Å². The van der Waals surface area contributed by atoms with Crippen LogP contribution in [0.4, 0.5) is 0 Å². The first kappa shape index (κ1) is 20.8. The molecule has 0 bridgehead atoms. The van der Waals surface area contributed by atoms with E-state index in [0.717, 1.165) is 5.56 Å². The molecule has 3 aromatic rings. The van der Waals surface area contributed by atoms with Gasteiger partial charge in [-0.05, 0) is 31.0 Å². The molecule has 7 nitrogen and oxygen atoms in total. The third kappa shape index (κ3) is 4.41. The van der Waals surface area contributed by atoms with Crippen molar-refractivity contribution in [1.29, 1.82) is 0 Å². The van der Waals surface area contributed by atoms with Gasteiger partial charge in [-0.3, -0.25) is 9.59 Å². The fourth-order valence-electron chi connectivity index (χ4n) is 3.22. The Balaban J connectivity index is 2.18. The van der Waals surface area contributed by atoms with Crippen molar-refractivity contribution in [1.82, 2.24) is 9.55 Å². The number of methoxy groups -OCH3 is 2. The number of nitrogens with zero attached hydrogens (tertiary/aromatic N) is 2. The maximum absolute atomic E-state index is 12.9. The first-order chi connectivity index (χ1) is 14.0. The summed E-state index contributed by atoms with van der Waals surface area (Å²) in [5.41, 5.74) is 2.22. The van der Waals surface area contributed by atoms with E-state index < -0.39 is 6.04 Å². The van der Waals surface area contributed by atoms with Gasteiger partial charge in [0.25, 0.3) is 5.56 Å². The smallest absolute Gasteiger partial charge is 0.252 e. The Morgan fingerprint density at radius 3 is 2.66 bits per heavy atom. The molecule has 0 spiro atoms. The highest BCUT2D eigenvalue weighted by Gasteiger charge is 2.21. The molecule has 0 saturated carbocycles. The van der Waals surface area contributed by atoms with E-state index in [9.17, 15) is 9.59 Å². The molecule has 0 fully saturated rings. The van der Waals surface area contributed by atoms with E-state index in [1.54, 1.807) is 31.5 Å². The zero-order valence-electron chi connectivity index (χ0n) is 16.3. The van der Waals surface area contributed by atoms with Gasteiger partial charge in [-0.1, -0.05) is 17.7 Å². The summed E-state index contributed by atoms with van der Waals surface area (Å²) in [6.07, 6.45) is 4.77. The third-order valence-electron chi connectivity index (χ3n) is 4.64. The monoisotopic (exact) mass is 416 g/mol. The predicted molar refractivity (Wildman–Crippen MR) is 109 cm³/mol. The maximum Gasteiger partial charge on any atom is 0.252 e. The third-order valence-corrected chi connectivity index (χ3v) is 4.88. The van der Waals surface area contributed by atoms with Gasteiger partial charge in [0.05, 0.1) is 19.3 Å². The summed E-state index contributed by atoms with van der Waals surface area (Å²) in [5, 5.41) is 0.500. The van der Waals surface area contributed by atoms with Gasteiger partial charge in [-0.25, -0.2) is 4.98 Å². The molecule has 0 aliphatic carbocycles. The van der Waals surface area contributed by atoms with Crippen LogP contribution in [0.5, 0.6) is 5.75 Å². The number of oxazole rings is 1. The summed E-state index contributed by atoms with van der Waals surface area (Å²) in [4.78, 5) is 29.2. The predicted octanol–water partition coefficient (Wildman–Crippen LogP) is 4.00. The zero-order chi connectivity index (χ0) is 21.0. The van der Waals surface area contributed by atoms with Crippen LogP contribution in [0.15, 0.2) is 52.3 Å². The number of hydrogen-bond donors (Lipinski definition) is 0. The number of carbonyl (C=O) groups excluding carboxylic acids is 1. The second kappa shape index (κ2) is 9.07. The number of hydrogen-bond acceptors (Lipinski definition) is 6. The Labute approximate surface area is 172 Å². The van der Waals surface area contributed by atoms with Crippen LogP contribution < -0.4 is 10.3 Å². The molecule has 152 valence electrons. The molecule has 2 heterocycles. The summed E-state index contributed by atoms with van der Waals surface area (Å²) in [6, 6.07) is 6.08. The largest absolute Gasteiger partial charge is 0.495 e. The Hall–Kier alpha value is -2.90. The number of Topliss-reactive ketones (excluding diaryl/α,β-unsaturated/α-hetero) is 1. The minimum Gasteiger partial charge on any atom is -0.495 e. The Kier molecular flexibility index (Phi) is 6.51. The van der Waals surface area contributed by atoms with Crippen LogP contribution in [0.2, 0.25) is 5.02 Å². The number of carbonyl (C=O) groups is 1. The van der Waals surface area contributed by atoms with Crippen molar-refractivity contribution in [3.05, 3.63) is 58.5 Å². The van der Waals surface area contributed by atoms with Crippen molar-refractivity contribution in [3.63, 3.8) is 0 Å². The Morgan fingerprint density at radius 1 is 1.24 bits per heavy atom. The van der Waals surface area contributed by atoms with Gasteiger partial charge in [0.1, 0.15) is 17.7 Å². The molecular formula is C21H21ClN2O5. The second-order valence-electron chi connectivity index (χ2n) is 6.47. The molecule has 0 aliphatic heterocycles. The first-order valence-corrected chi connectivity index (χ1v) is 9.32. The van der Waals surface area contributed by atoms with E-state index >= 15 is 0 Å². The fraction of sp³-hybridized carbons (Fsp3) is 0.286. The molecule has 2 aromatic heterocycles. The molecule has 1 atom stereocenters. The molecule has 0 aliphatic rings. The molecule has 0 radical (unpaired) electrons. The van der Waals surface area contributed by atoms with Crippen LogP contribution in [0.1, 0.15) is 19.4 Å². The SMILES string of the molecule is COCCC(C(C)=O)n1cc(OC)c(-c2cc(Cl)ccc2-c2cocn2)cc1=O. The molecule has 0 amide bonds. The van der Waals surface area contributed by atoms with Gasteiger partial charge >= 0.3 is 0 Å². The molecule has 3 rings (SSSR count). The van der Waals surface area contributed by atoms with Crippen LogP contribution in [0.3, 0.4) is 0 Å². The van der Waals surface area contributed by atoms with E-state index in [0.29, 0.717) is 40.6 Å². The zero-order valence-corrected chi connectivity index (χ0v) is 17.1. The van der Waals surface area contributed by atoms with Crippen LogP contribution in [0, 0.1) is 0 Å². The summed E-state index contributed by atoms with van der Waals surface area (Å²) in [5.74, 6) is 0.297. The summed E-state index contributed by atoms with van der Waals surface area (Å²) in [6.45, 7) is 1.80. The number of ether oxygens (including phenoxy) is 2. The number of rotatable bonds is 8. The highest BCUT2D eigenvalue weighted by Crippen LogP contribution is 2.38. The average molecular weight is 417 g/mol. The van der Waals surface area contributed by atoms with Crippen molar-refractivity contribution >= 4 is 17.4 Å².